The second-order valence-corrected chi connectivity index (χ2v) is 4.56. The van der Waals surface area contributed by atoms with Gasteiger partial charge in [-0.3, -0.25) is 4.79 Å². The summed E-state index contributed by atoms with van der Waals surface area (Å²) in [6.45, 7) is 6.30. The highest BCUT2D eigenvalue weighted by Crippen LogP contribution is 2.28. The zero-order chi connectivity index (χ0) is 10.8. The summed E-state index contributed by atoms with van der Waals surface area (Å²) >= 11 is 0. The van der Waals surface area contributed by atoms with Crippen LogP contribution < -0.4 is 5.73 Å². The molecule has 82 valence electrons. The molecule has 0 aromatic carbocycles. The van der Waals surface area contributed by atoms with E-state index in [1.807, 2.05) is 7.05 Å². The lowest BCUT2D eigenvalue weighted by molar-refractivity contribution is -0.169. The van der Waals surface area contributed by atoms with Crippen molar-refractivity contribution in [3.8, 4) is 0 Å². The van der Waals surface area contributed by atoms with Gasteiger partial charge in [-0.05, 0) is 5.92 Å². The van der Waals surface area contributed by atoms with Gasteiger partial charge in [-0.15, -0.1) is 0 Å². The monoisotopic (exact) mass is 200 g/mol. The molecule has 0 aromatic heterocycles. The summed E-state index contributed by atoms with van der Waals surface area (Å²) in [6, 6.07) is 0. The van der Waals surface area contributed by atoms with Crippen LogP contribution in [0.5, 0.6) is 0 Å². The molecule has 1 amide bonds. The van der Waals surface area contributed by atoms with Crippen LogP contribution in [-0.2, 0) is 9.53 Å². The largest absolute Gasteiger partial charge is 0.379 e. The van der Waals surface area contributed by atoms with E-state index in [9.17, 15) is 4.79 Å². The molecule has 0 aromatic rings. The van der Waals surface area contributed by atoms with Gasteiger partial charge in [0.15, 0.2) is 0 Å². The maximum absolute atomic E-state index is 12.0. The lowest BCUT2D eigenvalue weighted by atomic mass is 9.84. The molecule has 0 atom stereocenters. The first-order valence-corrected chi connectivity index (χ1v) is 5.05. The van der Waals surface area contributed by atoms with Crippen molar-refractivity contribution in [2.24, 2.45) is 17.1 Å². The Balaban J connectivity index is 2.54. The van der Waals surface area contributed by atoms with Gasteiger partial charge in [0.25, 0.3) is 0 Å². The van der Waals surface area contributed by atoms with E-state index in [4.69, 9.17) is 10.5 Å². The number of hydrogen-bond donors (Lipinski definition) is 1. The van der Waals surface area contributed by atoms with Crippen LogP contribution in [0, 0.1) is 11.3 Å². The van der Waals surface area contributed by atoms with Crippen molar-refractivity contribution in [2.45, 2.75) is 13.8 Å². The second-order valence-electron chi connectivity index (χ2n) is 4.56. The van der Waals surface area contributed by atoms with E-state index in [2.05, 4.69) is 13.8 Å². The summed E-state index contributed by atoms with van der Waals surface area (Å²) in [4.78, 5) is 13.7. The highest BCUT2D eigenvalue weighted by Gasteiger charge is 2.46. The minimum absolute atomic E-state index is 0.125. The number of ether oxygens (including phenoxy) is 1. The van der Waals surface area contributed by atoms with Gasteiger partial charge in [-0.1, -0.05) is 13.8 Å². The predicted molar refractivity (Wildman–Crippen MR) is 54.8 cm³/mol. The van der Waals surface area contributed by atoms with Crippen LogP contribution in [0.3, 0.4) is 0 Å². The molecule has 1 aliphatic heterocycles. The molecule has 1 saturated heterocycles. The number of hydrogen-bond acceptors (Lipinski definition) is 3. The summed E-state index contributed by atoms with van der Waals surface area (Å²) in [5.41, 5.74) is 5.18. The number of carbonyl (C=O) groups excluding carboxylic acids is 1. The van der Waals surface area contributed by atoms with Gasteiger partial charge >= 0.3 is 0 Å². The number of carbonyl (C=O) groups is 1. The first-order chi connectivity index (χ1) is 6.52. The Morgan fingerprint density at radius 1 is 1.57 bits per heavy atom. The Kier molecular flexibility index (Phi) is 3.50. The number of nitrogens with zero attached hydrogens (tertiary/aromatic N) is 1. The van der Waals surface area contributed by atoms with Gasteiger partial charge in [0.05, 0.1) is 13.2 Å². The molecule has 0 unspecified atom stereocenters. The van der Waals surface area contributed by atoms with Gasteiger partial charge in [0, 0.05) is 20.1 Å². The molecular weight excluding hydrogens is 180 g/mol. The van der Waals surface area contributed by atoms with E-state index in [0.717, 1.165) is 6.54 Å². The Morgan fingerprint density at radius 2 is 2.14 bits per heavy atom. The first kappa shape index (κ1) is 11.5. The molecule has 0 aliphatic carbocycles. The van der Waals surface area contributed by atoms with Crippen LogP contribution >= 0.6 is 0 Å². The van der Waals surface area contributed by atoms with Gasteiger partial charge in [0.2, 0.25) is 5.91 Å². The molecule has 1 heterocycles. The molecule has 4 heteroatoms. The number of amides is 1. The van der Waals surface area contributed by atoms with E-state index >= 15 is 0 Å². The second kappa shape index (κ2) is 4.28. The summed E-state index contributed by atoms with van der Waals surface area (Å²) in [6.07, 6.45) is 0. The topological polar surface area (TPSA) is 55.6 Å². The van der Waals surface area contributed by atoms with Crippen molar-refractivity contribution in [1.82, 2.24) is 4.90 Å². The van der Waals surface area contributed by atoms with Crippen molar-refractivity contribution in [3.05, 3.63) is 0 Å². The van der Waals surface area contributed by atoms with Crippen molar-refractivity contribution in [1.29, 1.82) is 0 Å². The fourth-order valence-corrected chi connectivity index (χ4v) is 1.71. The lowest BCUT2D eigenvalue weighted by Gasteiger charge is -2.41. The third-order valence-corrected chi connectivity index (χ3v) is 2.59. The van der Waals surface area contributed by atoms with Gasteiger partial charge in [-0.25, -0.2) is 0 Å². The molecule has 0 spiro atoms. The van der Waals surface area contributed by atoms with Crippen LogP contribution in [0.25, 0.3) is 0 Å². The van der Waals surface area contributed by atoms with Crippen LogP contribution in [0.2, 0.25) is 0 Å². The summed E-state index contributed by atoms with van der Waals surface area (Å²) in [7, 11) is 1.83. The molecule has 1 rings (SSSR count). The van der Waals surface area contributed by atoms with Crippen molar-refractivity contribution in [2.75, 3.05) is 33.4 Å². The standard InChI is InChI=1S/C10H20N2O2/c1-8(2)4-12(3)9(13)10(5-11)6-14-7-10/h8H,4-7,11H2,1-3H3. The summed E-state index contributed by atoms with van der Waals surface area (Å²) < 4.78 is 5.08. The highest BCUT2D eigenvalue weighted by atomic mass is 16.5. The maximum atomic E-state index is 12.0. The van der Waals surface area contributed by atoms with E-state index in [1.54, 1.807) is 4.90 Å². The molecule has 0 saturated carbocycles. The zero-order valence-corrected chi connectivity index (χ0v) is 9.25. The molecule has 4 nitrogen and oxygen atoms in total. The number of nitrogens with two attached hydrogens (primary N) is 1. The quantitative estimate of drug-likeness (QED) is 0.699. The number of rotatable bonds is 4. The third kappa shape index (κ3) is 2.07. The molecule has 1 aliphatic rings. The molecule has 0 radical (unpaired) electrons. The fourth-order valence-electron chi connectivity index (χ4n) is 1.71. The lowest BCUT2D eigenvalue weighted by Crippen LogP contribution is -2.58. The maximum Gasteiger partial charge on any atom is 0.234 e. The predicted octanol–water partition coefficient (Wildman–Crippen LogP) is 0.0761. The smallest absolute Gasteiger partial charge is 0.234 e. The summed E-state index contributed by atoms with van der Waals surface area (Å²) in [5, 5.41) is 0. The third-order valence-electron chi connectivity index (χ3n) is 2.59. The fraction of sp³-hybridized carbons (Fsp3) is 0.900. The van der Waals surface area contributed by atoms with Crippen molar-refractivity contribution < 1.29 is 9.53 Å². The molecule has 14 heavy (non-hydrogen) atoms. The Bertz CT molecular complexity index is 207. The van der Waals surface area contributed by atoms with Crippen LogP contribution in [0.1, 0.15) is 13.8 Å². The average molecular weight is 200 g/mol. The van der Waals surface area contributed by atoms with E-state index in [0.29, 0.717) is 25.7 Å². The van der Waals surface area contributed by atoms with Crippen LogP contribution in [-0.4, -0.2) is 44.2 Å². The zero-order valence-electron chi connectivity index (χ0n) is 9.25. The Labute approximate surface area is 85.4 Å². The SMILES string of the molecule is CC(C)CN(C)C(=O)C1(CN)COC1. The highest BCUT2D eigenvalue weighted by molar-refractivity contribution is 5.84. The van der Waals surface area contributed by atoms with E-state index < -0.39 is 5.41 Å². The molecule has 1 fully saturated rings. The van der Waals surface area contributed by atoms with Gasteiger partial charge < -0.3 is 15.4 Å². The molecular formula is C10H20N2O2. The first-order valence-electron chi connectivity index (χ1n) is 5.05. The Morgan fingerprint density at radius 3 is 2.43 bits per heavy atom. The van der Waals surface area contributed by atoms with E-state index in [-0.39, 0.29) is 5.91 Å². The van der Waals surface area contributed by atoms with Gasteiger partial charge in [-0.2, -0.15) is 0 Å². The normalized spacial score (nSPS) is 19.2. The molecule has 2 N–H and O–H groups in total. The summed E-state index contributed by atoms with van der Waals surface area (Å²) in [5.74, 6) is 0.611. The average Bonchev–Trinajstić information content (AvgIpc) is 2.01. The van der Waals surface area contributed by atoms with Crippen LogP contribution in [0.15, 0.2) is 0 Å². The Hall–Kier alpha value is -0.610. The van der Waals surface area contributed by atoms with Crippen molar-refractivity contribution >= 4 is 5.91 Å². The minimum atomic E-state index is -0.427. The van der Waals surface area contributed by atoms with E-state index in [1.165, 1.54) is 0 Å². The minimum Gasteiger partial charge on any atom is -0.379 e. The van der Waals surface area contributed by atoms with Crippen molar-refractivity contribution in [3.63, 3.8) is 0 Å². The van der Waals surface area contributed by atoms with Crippen LogP contribution in [0.4, 0.5) is 0 Å². The molecule has 0 bridgehead atoms. The van der Waals surface area contributed by atoms with Gasteiger partial charge in [0.1, 0.15) is 5.41 Å².